The molecule has 1 saturated heterocycles. The van der Waals surface area contributed by atoms with Gasteiger partial charge in [0.2, 0.25) is 6.79 Å². The minimum absolute atomic E-state index is 0.349. The van der Waals surface area contributed by atoms with Crippen LogP contribution in [-0.2, 0) is 19.3 Å². The van der Waals surface area contributed by atoms with Gasteiger partial charge in [0, 0.05) is 12.1 Å². The molecule has 124 valence electrons. The van der Waals surface area contributed by atoms with E-state index in [0.29, 0.717) is 24.8 Å². The largest absolute Gasteiger partial charge is 0.454 e. The minimum Gasteiger partial charge on any atom is -0.454 e. The quantitative estimate of drug-likeness (QED) is 0.918. The van der Waals surface area contributed by atoms with Crippen LogP contribution >= 0.6 is 0 Å². The number of nitrogens with one attached hydrogen (secondary N) is 1. The van der Waals surface area contributed by atoms with Crippen molar-refractivity contribution in [1.82, 2.24) is 5.32 Å². The third-order valence-electron chi connectivity index (χ3n) is 5.86. The van der Waals surface area contributed by atoms with Gasteiger partial charge in [-0.3, -0.25) is 0 Å². The third-order valence-corrected chi connectivity index (χ3v) is 5.86. The second kappa shape index (κ2) is 5.82. The maximum Gasteiger partial charge on any atom is 0.231 e. The number of piperidine rings is 1. The van der Waals surface area contributed by atoms with Crippen LogP contribution in [0.2, 0.25) is 0 Å². The molecule has 6 rings (SSSR count). The summed E-state index contributed by atoms with van der Waals surface area (Å²) in [6.45, 7) is 0.349. The highest BCUT2D eigenvalue weighted by atomic mass is 16.7. The first-order valence-electron chi connectivity index (χ1n) is 9.06. The molecule has 24 heavy (non-hydrogen) atoms. The molecule has 1 aliphatic carbocycles. The van der Waals surface area contributed by atoms with Gasteiger partial charge >= 0.3 is 0 Å². The highest BCUT2D eigenvalue weighted by Crippen LogP contribution is 2.35. The Hall–Kier alpha value is -2.00. The number of rotatable bonds is 2. The summed E-state index contributed by atoms with van der Waals surface area (Å²) in [5, 5.41) is 3.94. The van der Waals surface area contributed by atoms with Gasteiger partial charge in [-0.1, -0.05) is 30.3 Å². The van der Waals surface area contributed by atoms with Gasteiger partial charge < -0.3 is 14.8 Å². The standard InChI is InChI=1S/C21H23NO2/c1-2-4-16-12-18-7-6-17(11-15(16)3-1)19(22-18)9-14-5-8-20-21(10-14)24-13-23-20/h1-5,8,10,17-19,22H,6-7,9,11-13H2/t17-,18+,19-/m1/s1. The van der Waals surface area contributed by atoms with E-state index in [1.54, 1.807) is 11.1 Å². The van der Waals surface area contributed by atoms with Crippen LogP contribution in [0.3, 0.4) is 0 Å². The lowest BCUT2D eigenvalue weighted by Gasteiger charge is -2.41. The minimum atomic E-state index is 0.349. The molecule has 1 fully saturated rings. The molecular weight excluding hydrogens is 298 g/mol. The van der Waals surface area contributed by atoms with Crippen molar-refractivity contribution in [3.8, 4) is 11.5 Å². The second-order valence-electron chi connectivity index (χ2n) is 7.38. The van der Waals surface area contributed by atoms with Gasteiger partial charge in [-0.2, -0.15) is 0 Å². The summed E-state index contributed by atoms with van der Waals surface area (Å²) in [5.74, 6) is 2.49. The summed E-state index contributed by atoms with van der Waals surface area (Å²) >= 11 is 0. The molecule has 0 aromatic heterocycles. The Kier molecular flexibility index (Phi) is 3.48. The SMILES string of the molecule is c1ccc2c(c1)C[C@@H]1CC[C@H](C2)[C@@H](Cc2ccc3c(c2)OCO3)N1. The van der Waals surface area contributed by atoms with Crippen LogP contribution < -0.4 is 14.8 Å². The Morgan fingerprint density at radius 2 is 1.75 bits per heavy atom. The first-order valence-corrected chi connectivity index (χ1v) is 9.06. The molecule has 3 atom stereocenters. The van der Waals surface area contributed by atoms with E-state index in [4.69, 9.17) is 9.47 Å². The first kappa shape index (κ1) is 14.4. The van der Waals surface area contributed by atoms with Gasteiger partial charge in [-0.15, -0.1) is 0 Å². The number of ether oxygens (including phenoxy) is 2. The summed E-state index contributed by atoms with van der Waals surface area (Å²) in [6.07, 6.45) is 6.07. The summed E-state index contributed by atoms with van der Waals surface area (Å²) < 4.78 is 11.0. The zero-order valence-electron chi connectivity index (χ0n) is 13.8. The predicted octanol–water partition coefficient (Wildman–Crippen LogP) is 3.49. The molecule has 3 aliphatic heterocycles. The number of hydrogen-bond donors (Lipinski definition) is 1. The van der Waals surface area contributed by atoms with Crippen molar-refractivity contribution in [3.05, 3.63) is 59.2 Å². The summed E-state index contributed by atoms with van der Waals surface area (Å²) in [5.41, 5.74) is 4.45. The lowest BCUT2D eigenvalue weighted by atomic mass is 9.75. The van der Waals surface area contributed by atoms with Gasteiger partial charge in [0.1, 0.15) is 0 Å². The lowest BCUT2D eigenvalue weighted by Crippen LogP contribution is -2.51. The van der Waals surface area contributed by atoms with E-state index in [0.717, 1.165) is 17.9 Å². The topological polar surface area (TPSA) is 30.5 Å². The molecule has 2 aromatic rings. The molecule has 0 unspecified atom stereocenters. The van der Waals surface area contributed by atoms with E-state index < -0.39 is 0 Å². The molecular formula is C21H23NO2. The normalized spacial score (nSPS) is 27.4. The van der Waals surface area contributed by atoms with Gasteiger partial charge in [-0.05, 0) is 66.8 Å². The van der Waals surface area contributed by atoms with Crippen molar-refractivity contribution in [1.29, 1.82) is 0 Å². The van der Waals surface area contributed by atoms with E-state index in [2.05, 4.69) is 41.7 Å². The van der Waals surface area contributed by atoms with Crippen LogP contribution in [0.5, 0.6) is 11.5 Å². The van der Waals surface area contributed by atoms with Crippen LogP contribution in [0.25, 0.3) is 0 Å². The first-order chi connectivity index (χ1) is 11.8. The molecule has 4 aliphatic rings. The summed E-state index contributed by atoms with van der Waals surface area (Å²) in [6, 6.07) is 16.6. The van der Waals surface area contributed by atoms with E-state index in [9.17, 15) is 0 Å². The molecule has 0 spiro atoms. The van der Waals surface area contributed by atoms with Crippen LogP contribution in [0.15, 0.2) is 42.5 Å². The van der Waals surface area contributed by atoms with E-state index >= 15 is 0 Å². The molecule has 1 N–H and O–H groups in total. The molecule has 2 bridgehead atoms. The monoisotopic (exact) mass is 321 g/mol. The Morgan fingerprint density at radius 3 is 2.67 bits per heavy atom. The van der Waals surface area contributed by atoms with Crippen molar-refractivity contribution >= 4 is 0 Å². The third kappa shape index (κ3) is 2.57. The molecule has 0 saturated carbocycles. The van der Waals surface area contributed by atoms with Crippen molar-refractivity contribution in [2.24, 2.45) is 5.92 Å². The average Bonchev–Trinajstić information content (AvgIpc) is 3.03. The summed E-state index contributed by atoms with van der Waals surface area (Å²) in [4.78, 5) is 0. The van der Waals surface area contributed by atoms with E-state index in [1.807, 2.05) is 6.07 Å². The van der Waals surface area contributed by atoms with E-state index in [1.165, 1.54) is 31.2 Å². The fourth-order valence-corrected chi connectivity index (χ4v) is 4.60. The fourth-order valence-electron chi connectivity index (χ4n) is 4.60. The lowest BCUT2D eigenvalue weighted by molar-refractivity contribution is 0.174. The number of hydrogen-bond acceptors (Lipinski definition) is 3. The fraction of sp³-hybridized carbons (Fsp3) is 0.429. The highest BCUT2D eigenvalue weighted by Gasteiger charge is 2.33. The van der Waals surface area contributed by atoms with Crippen LogP contribution in [-0.4, -0.2) is 18.9 Å². The Bertz CT molecular complexity index is 757. The highest BCUT2D eigenvalue weighted by molar-refractivity contribution is 5.44. The average molecular weight is 321 g/mol. The van der Waals surface area contributed by atoms with Gasteiger partial charge in [0.25, 0.3) is 0 Å². The van der Waals surface area contributed by atoms with Crippen LogP contribution in [0.4, 0.5) is 0 Å². The zero-order valence-corrected chi connectivity index (χ0v) is 13.8. The van der Waals surface area contributed by atoms with Crippen molar-refractivity contribution < 1.29 is 9.47 Å². The van der Waals surface area contributed by atoms with E-state index in [-0.39, 0.29) is 0 Å². The smallest absolute Gasteiger partial charge is 0.231 e. The maximum atomic E-state index is 5.54. The maximum absolute atomic E-state index is 5.54. The number of fused-ring (bicyclic) bond motifs is 3. The van der Waals surface area contributed by atoms with Gasteiger partial charge in [0.05, 0.1) is 0 Å². The second-order valence-corrected chi connectivity index (χ2v) is 7.38. The predicted molar refractivity (Wildman–Crippen MR) is 93.6 cm³/mol. The molecule has 0 amide bonds. The Balaban J connectivity index is 1.39. The summed E-state index contributed by atoms with van der Waals surface area (Å²) in [7, 11) is 0. The Morgan fingerprint density at radius 1 is 0.917 bits per heavy atom. The van der Waals surface area contributed by atoms with Crippen molar-refractivity contribution in [3.63, 3.8) is 0 Å². The van der Waals surface area contributed by atoms with Crippen LogP contribution in [0, 0.1) is 5.92 Å². The molecule has 2 aromatic carbocycles. The van der Waals surface area contributed by atoms with Gasteiger partial charge in [0.15, 0.2) is 11.5 Å². The zero-order chi connectivity index (χ0) is 15.9. The van der Waals surface area contributed by atoms with Gasteiger partial charge in [-0.25, -0.2) is 0 Å². The van der Waals surface area contributed by atoms with Crippen molar-refractivity contribution in [2.75, 3.05) is 6.79 Å². The van der Waals surface area contributed by atoms with Crippen LogP contribution in [0.1, 0.15) is 29.5 Å². The molecule has 3 heteroatoms. The van der Waals surface area contributed by atoms with Crippen molar-refractivity contribution in [2.45, 2.75) is 44.2 Å². The Labute approximate surface area is 143 Å². The molecule has 3 nitrogen and oxygen atoms in total. The molecule has 0 radical (unpaired) electrons. The molecule has 3 heterocycles. The number of benzene rings is 2.